The first-order valence-corrected chi connectivity index (χ1v) is 10.3. The van der Waals surface area contributed by atoms with Gasteiger partial charge in [0.1, 0.15) is 5.54 Å². The Morgan fingerprint density at radius 1 is 1.11 bits per heavy atom. The van der Waals surface area contributed by atoms with E-state index in [1.54, 1.807) is 12.1 Å². The summed E-state index contributed by atoms with van der Waals surface area (Å²) in [6, 6.07) is 11.0. The van der Waals surface area contributed by atoms with Gasteiger partial charge in [-0.1, -0.05) is 46.9 Å². The quantitative estimate of drug-likeness (QED) is 0.664. The molecule has 1 fully saturated rings. The van der Waals surface area contributed by atoms with E-state index in [4.69, 9.17) is 39.8 Å². The number of hydroxylamine groups is 1. The smallest absolute Gasteiger partial charge is 0.155 e. The maximum Gasteiger partial charge on any atom is 0.155 e. The topological polar surface area (TPSA) is 51.1 Å². The van der Waals surface area contributed by atoms with Gasteiger partial charge < -0.3 is 10.2 Å². The van der Waals surface area contributed by atoms with Gasteiger partial charge in [0.15, 0.2) is 5.84 Å². The molecule has 2 N–H and O–H groups in total. The Bertz CT molecular complexity index is 926. The first-order chi connectivity index (χ1) is 13.4. The number of nitrogens with one attached hydrogen (secondary N) is 1. The summed E-state index contributed by atoms with van der Waals surface area (Å²) in [5.74, 6) is 0.589. The summed E-state index contributed by atoms with van der Waals surface area (Å²) >= 11 is 18.5. The van der Waals surface area contributed by atoms with E-state index < -0.39 is 5.54 Å². The fourth-order valence-corrected chi connectivity index (χ4v) is 4.35. The maximum absolute atomic E-state index is 11.1. The third-order valence-electron chi connectivity index (χ3n) is 5.41. The van der Waals surface area contributed by atoms with Crippen molar-refractivity contribution in [2.45, 2.75) is 24.9 Å². The number of fused-ring (bicyclic) bond motifs is 1. The van der Waals surface area contributed by atoms with E-state index in [-0.39, 0.29) is 0 Å². The zero-order valence-electron chi connectivity index (χ0n) is 15.4. The Morgan fingerprint density at radius 3 is 2.54 bits per heavy atom. The largest absolute Gasteiger partial charge is 0.371 e. The zero-order chi connectivity index (χ0) is 19.9. The van der Waals surface area contributed by atoms with Crippen LogP contribution in [0, 0.1) is 0 Å². The van der Waals surface area contributed by atoms with Crippen LogP contribution in [0.15, 0.2) is 41.4 Å². The SMILES string of the molecule is CN1CCC2(CC1)Nc1cc(Cl)c(Cl)cc1N(O)C2=NCc1cccc(Cl)c1. The molecule has 2 aromatic rings. The van der Waals surface area contributed by atoms with Crippen LogP contribution in [0.25, 0.3) is 0 Å². The third-order valence-corrected chi connectivity index (χ3v) is 6.37. The van der Waals surface area contributed by atoms with Crippen molar-refractivity contribution in [3.8, 4) is 0 Å². The Labute approximate surface area is 179 Å². The number of hydrogen-bond donors (Lipinski definition) is 2. The van der Waals surface area contributed by atoms with Crippen molar-refractivity contribution in [3.05, 3.63) is 57.0 Å². The molecule has 0 radical (unpaired) electrons. The number of halogens is 3. The van der Waals surface area contributed by atoms with Gasteiger partial charge in [0.05, 0.1) is 28.0 Å². The Balaban J connectivity index is 1.75. The van der Waals surface area contributed by atoms with Crippen molar-refractivity contribution in [2.75, 3.05) is 30.5 Å². The molecule has 0 amide bonds. The molecule has 1 spiro atoms. The van der Waals surface area contributed by atoms with Gasteiger partial charge in [-0.15, -0.1) is 0 Å². The fraction of sp³-hybridized carbons (Fsp3) is 0.350. The molecule has 0 aromatic heterocycles. The van der Waals surface area contributed by atoms with Crippen LogP contribution in [0.3, 0.4) is 0 Å². The van der Waals surface area contributed by atoms with Gasteiger partial charge in [-0.3, -0.25) is 10.2 Å². The molecule has 4 rings (SSSR count). The minimum Gasteiger partial charge on any atom is -0.371 e. The molecule has 0 atom stereocenters. The minimum atomic E-state index is -0.468. The highest BCUT2D eigenvalue weighted by Gasteiger charge is 2.45. The molecule has 5 nitrogen and oxygen atoms in total. The molecule has 0 unspecified atom stereocenters. The second-order valence-electron chi connectivity index (χ2n) is 7.38. The standard InChI is InChI=1S/C20H21Cl3N4O/c1-26-7-5-20(6-8-26)19(24-12-13-3-2-4-14(21)9-13)27(28)18-11-16(23)15(22)10-17(18)25-20/h2-4,9-11,25,28H,5-8,12H2,1H3. The fourth-order valence-electron chi connectivity index (χ4n) is 3.81. The Hall–Kier alpha value is -1.50. The van der Waals surface area contributed by atoms with Crippen molar-refractivity contribution < 1.29 is 5.21 Å². The number of aliphatic imine (C=N–C) groups is 1. The number of rotatable bonds is 2. The van der Waals surface area contributed by atoms with Gasteiger partial charge in [-0.05, 0) is 49.7 Å². The first kappa shape index (κ1) is 19.8. The van der Waals surface area contributed by atoms with E-state index in [0.29, 0.717) is 33.1 Å². The van der Waals surface area contributed by atoms with Gasteiger partial charge in [0.25, 0.3) is 0 Å². The number of nitrogens with zero attached hydrogens (tertiary/aromatic N) is 3. The van der Waals surface area contributed by atoms with E-state index >= 15 is 0 Å². The van der Waals surface area contributed by atoms with E-state index in [1.165, 1.54) is 0 Å². The summed E-state index contributed by atoms with van der Waals surface area (Å²) in [5.41, 5.74) is 1.81. The van der Waals surface area contributed by atoms with E-state index in [2.05, 4.69) is 17.3 Å². The first-order valence-electron chi connectivity index (χ1n) is 9.12. The Kier molecular flexibility index (Phi) is 5.47. The van der Waals surface area contributed by atoms with Gasteiger partial charge in [0, 0.05) is 18.1 Å². The van der Waals surface area contributed by atoms with Gasteiger partial charge in [-0.2, -0.15) is 0 Å². The number of hydrogen-bond acceptors (Lipinski definition) is 4. The number of benzene rings is 2. The molecule has 2 aliphatic heterocycles. The summed E-state index contributed by atoms with van der Waals surface area (Å²) < 4.78 is 0. The number of amidine groups is 1. The second-order valence-corrected chi connectivity index (χ2v) is 8.63. The lowest BCUT2D eigenvalue weighted by Gasteiger charge is -2.48. The van der Waals surface area contributed by atoms with Crippen molar-refractivity contribution in [2.24, 2.45) is 4.99 Å². The van der Waals surface area contributed by atoms with Crippen LogP contribution < -0.4 is 10.4 Å². The molecule has 1 saturated heterocycles. The predicted octanol–water partition coefficient (Wildman–Crippen LogP) is 5.33. The number of anilines is 2. The third kappa shape index (κ3) is 3.70. The zero-order valence-corrected chi connectivity index (χ0v) is 17.7. The van der Waals surface area contributed by atoms with Crippen molar-refractivity contribution >= 4 is 52.0 Å². The van der Waals surface area contributed by atoms with Crippen LogP contribution in [-0.2, 0) is 6.54 Å². The average molecular weight is 440 g/mol. The molecule has 0 aliphatic carbocycles. The van der Waals surface area contributed by atoms with Crippen LogP contribution in [-0.4, -0.2) is 41.6 Å². The summed E-state index contributed by atoms with van der Waals surface area (Å²) in [7, 11) is 2.10. The van der Waals surface area contributed by atoms with E-state index in [0.717, 1.165) is 42.2 Å². The summed E-state index contributed by atoms with van der Waals surface area (Å²) in [6.07, 6.45) is 1.63. The Morgan fingerprint density at radius 2 is 1.82 bits per heavy atom. The lowest BCUT2D eigenvalue weighted by molar-refractivity contribution is 0.225. The molecule has 2 heterocycles. The molecule has 2 aromatic carbocycles. The van der Waals surface area contributed by atoms with Gasteiger partial charge in [-0.25, -0.2) is 5.06 Å². The monoisotopic (exact) mass is 438 g/mol. The van der Waals surface area contributed by atoms with Crippen LogP contribution >= 0.6 is 34.8 Å². The van der Waals surface area contributed by atoms with Gasteiger partial charge >= 0.3 is 0 Å². The van der Waals surface area contributed by atoms with Crippen molar-refractivity contribution in [3.63, 3.8) is 0 Å². The highest BCUT2D eigenvalue weighted by Crippen LogP contribution is 2.43. The van der Waals surface area contributed by atoms with Gasteiger partial charge in [0.2, 0.25) is 0 Å². The molecule has 2 aliphatic rings. The molecule has 148 valence electrons. The number of piperidine rings is 1. The normalized spacial score (nSPS) is 20.3. The highest BCUT2D eigenvalue weighted by atomic mass is 35.5. The molecule has 8 heteroatoms. The minimum absolute atomic E-state index is 0.384. The van der Waals surface area contributed by atoms with E-state index in [9.17, 15) is 5.21 Å². The van der Waals surface area contributed by atoms with Crippen LogP contribution in [0.4, 0.5) is 11.4 Å². The van der Waals surface area contributed by atoms with Crippen molar-refractivity contribution in [1.29, 1.82) is 0 Å². The maximum atomic E-state index is 11.1. The molecule has 0 bridgehead atoms. The lowest BCUT2D eigenvalue weighted by atomic mass is 9.83. The second kappa shape index (κ2) is 7.73. The average Bonchev–Trinajstić information content (AvgIpc) is 2.66. The van der Waals surface area contributed by atoms with E-state index in [1.807, 2.05) is 24.3 Å². The lowest BCUT2D eigenvalue weighted by Crippen LogP contribution is -2.61. The van der Waals surface area contributed by atoms with Crippen LogP contribution in [0.5, 0.6) is 0 Å². The predicted molar refractivity (Wildman–Crippen MR) is 116 cm³/mol. The van der Waals surface area contributed by atoms with Crippen molar-refractivity contribution in [1.82, 2.24) is 4.90 Å². The van der Waals surface area contributed by atoms with Crippen LogP contribution in [0.1, 0.15) is 18.4 Å². The molecule has 0 saturated carbocycles. The summed E-state index contributed by atoms with van der Waals surface area (Å²) in [6.45, 7) is 2.21. The number of likely N-dealkylation sites (tertiary alicyclic amines) is 1. The summed E-state index contributed by atoms with van der Waals surface area (Å²) in [5, 5.41) is 17.3. The summed E-state index contributed by atoms with van der Waals surface area (Å²) in [4.78, 5) is 7.08. The highest BCUT2D eigenvalue weighted by molar-refractivity contribution is 6.42. The molecular formula is C20H21Cl3N4O. The molecular weight excluding hydrogens is 419 g/mol. The molecule has 28 heavy (non-hydrogen) atoms. The van der Waals surface area contributed by atoms with Crippen LogP contribution in [0.2, 0.25) is 15.1 Å².